The van der Waals surface area contributed by atoms with Gasteiger partial charge in [-0.05, 0) is 38.3 Å². The Hall–Kier alpha value is -1.57. The van der Waals surface area contributed by atoms with Gasteiger partial charge in [-0.1, -0.05) is 30.3 Å². The molecule has 3 unspecified atom stereocenters. The molecule has 0 aromatic heterocycles. The van der Waals surface area contributed by atoms with Gasteiger partial charge in [0, 0.05) is 6.04 Å². The molecule has 1 aliphatic rings. The van der Waals surface area contributed by atoms with E-state index in [4.69, 9.17) is 19.5 Å². The minimum absolute atomic E-state index is 0.0272. The van der Waals surface area contributed by atoms with Gasteiger partial charge in [0.1, 0.15) is 6.04 Å². The molecule has 1 saturated heterocycles. The third-order valence-corrected chi connectivity index (χ3v) is 4.86. The van der Waals surface area contributed by atoms with Gasteiger partial charge in [-0.25, -0.2) is 9.59 Å². The summed E-state index contributed by atoms with van der Waals surface area (Å²) in [6.07, 6.45) is 0.874. The Kier molecular flexibility index (Phi) is 8.41. The van der Waals surface area contributed by atoms with Gasteiger partial charge in [0.05, 0.1) is 6.61 Å². The zero-order valence-electron chi connectivity index (χ0n) is 14.7. The molecule has 4 atom stereocenters. The zero-order chi connectivity index (χ0) is 18.9. The molecule has 1 fully saturated rings. The van der Waals surface area contributed by atoms with Gasteiger partial charge in [0.2, 0.25) is 0 Å². The summed E-state index contributed by atoms with van der Waals surface area (Å²) in [7, 11) is -2.93. The first-order valence-electron chi connectivity index (χ1n) is 8.57. The Morgan fingerprint density at radius 1 is 1.35 bits per heavy atom. The van der Waals surface area contributed by atoms with Crippen LogP contribution in [0.1, 0.15) is 25.3 Å². The van der Waals surface area contributed by atoms with E-state index >= 15 is 0 Å². The highest BCUT2D eigenvalue weighted by molar-refractivity contribution is 7.33. The second kappa shape index (κ2) is 10.5. The monoisotopic (exact) mass is 384 g/mol. The van der Waals surface area contributed by atoms with E-state index in [2.05, 4.69) is 5.32 Å². The maximum Gasteiger partial charge on any atom is 0.343 e. The predicted molar refractivity (Wildman–Crippen MR) is 95.7 cm³/mol. The first-order valence-corrected chi connectivity index (χ1v) is 9.80. The smallest absolute Gasteiger partial charge is 0.343 e. The van der Waals surface area contributed by atoms with Crippen LogP contribution in [0.5, 0.6) is 0 Å². The number of carbonyl (C=O) groups excluding carboxylic acids is 2. The van der Waals surface area contributed by atoms with E-state index in [0.717, 1.165) is 12.0 Å². The van der Waals surface area contributed by atoms with Crippen molar-refractivity contribution in [2.45, 2.75) is 44.4 Å². The fourth-order valence-electron chi connectivity index (χ4n) is 2.52. The molecular weight excluding hydrogens is 359 g/mol. The van der Waals surface area contributed by atoms with Gasteiger partial charge in [-0.3, -0.25) is 9.09 Å². The lowest BCUT2D eigenvalue weighted by Gasteiger charge is -2.15. The molecule has 2 rings (SSSR count). The van der Waals surface area contributed by atoms with Crippen LogP contribution in [0.2, 0.25) is 0 Å². The van der Waals surface area contributed by atoms with E-state index in [-0.39, 0.29) is 12.6 Å². The highest BCUT2D eigenvalue weighted by Crippen LogP contribution is 2.26. The fourth-order valence-corrected chi connectivity index (χ4v) is 3.32. The first-order chi connectivity index (χ1) is 12.5. The number of nitrogens with one attached hydrogen (secondary N) is 1. The van der Waals surface area contributed by atoms with Crippen molar-refractivity contribution in [2.24, 2.45) is 5.73 Å². The Bertz CT molecular complexity index is 621. The average Bonchev–Trinajstić information content (AvgIpc) is 3.15. The van der Waals surface area contributed by atoms with Gasteiger partial charge in [0.15, 0.2) is 6.10 Å². The van der Waals surface area contributed by atoms with Crippen LogP contribution >= 0.6 is 8.25 Å². The van der Waals surface area contributed by atoms with Crippen molar-refractivity contribution >= 4 is 20.2 Å². The molecule has 9 heteroatoms. The van der Waals surface area contributed by atoms with Crippen molar-refractivity contribution in [3.8, 4) is 0 Å². The number of hydrogen-bond acceptors (Lipinski definition) is 8. The lowest BCUT2D eigenvalue weighted by Crippen LogP contribution is -2.36. The molecule has 3 N–H and O–H groups in total. The summed E-state index contributed by atoms with van der Waals surface area (Å²) < 4.78 is 26.7. The van der Waals surface area contributed by atoms with Crippen molar-refractivity contribution in [1.29, 1.82) is 0 Å². The van der Waals surface area contributed by atoms with Crippen molar-refractivity contribution in [3.05, 3.63) is 35.9 Å². The molecule has 1 aromatic rings. The Labute approximate surface area is 153 Å². The maximum absolute atomic E-state index is 11.8. The van der Waals surface area contributed by atoms with Gasteiger partial charge < -0.3 is 20.3 Å². The Morgan fingerprint density at radius 3 is 2.73 bits per heavy atom. The van der Waals surface area contributed by atoms with Crippen LogP contribution in [-0.2, 0) is 34.4 Å². The Morgan fingerprint density at radius 2 is 2.08 bits per heavy atom. The molecule has 1 aliphatic heterocycles. The van der Waals surface area contributed by atoms with Crippen LogP contribution in [0.15, 0.2) is 30.3 Å². The molecule has 0 amide bonds. The van der Waals surface area contributed by atoms with Crippen LogP contribution in [0.4, 0.5) is 0 Å². The van der Waals surface area contributed by atoms with E-state index in [1.54, 1.807) is 0 Å². The number of rotatable bonds is 9. The van der Waals surface area contributed by atoms with Crippen LogP contribution in [0.3, 0.4) is 0 Å². The van der Waals surface area contributed by atoms with E-state index in [1.165, 1.54) is 6.92 Å². The van der Waals surface area contributed by atoms with E-state index < -0.39 is 32.3 Å². The minimum atomic E-state index is -2.93. The van der Waals surface area contributed by atoms with Crippen LogP contribution in [-0.4, -0.2) is 43.3 Å². The lowest BCUT2D eigenvalue weighted by molar-refractivity contribution is -0.165. The maximum atomic E-state index is 11.8. The second-order valence-electron chi connectivity index (χ2n) is 6.16. The van der Waals surface area contributed by atoms with Gasteiger partial charge in [-0.15, -0.1) is 0 Å². The first kappa shape index (κ1) is 20.7. The summed E-state index contributed by atoms with van der Waals surface area (Å²) >= 11 is 0. The van der Waals surface area contributed by atoms with E-state index in [1.807, 2.05) is 30.3 Å². The number of ether oxygens (including phenoxy) is 1. The molecule has 0 saturated carbocycles. The van der Waals surface area contributed by atoms with Gasteiger partial charge in [-0.2, -0.15) is 0 Å². The molecular formula is C17H25N2O6P. The number of carbonyl (C=O) groups is 2. The molecule has 0 bridgehead atoms. The van der Waals surface area contributed by atoms with Crippen LogP contribution < -0.4 is 11.1 Å². The normalized spacial score (nSPS) is 20.3. The fraction of sp³-hybridized carbons (Fsp3) is 0.529. The average molecular weight is 384 g/mol. The largest absolute Gasteiger partial charge is 0.390 e. The number of benzene rings is 1. The summed E-state index contributed by atoms with van der Waals surface area (Å²) in [5, 5.41) is 2.93. The van der Waals surface area contributed by atoms with Gasteiger partial charge in [0.25, 0.3) is 0 Å². The highest BCUT2D eigenvalue weighted by Gasteiger charge is 2.28. The Balaban J connectivity index is 1.67. The molecule has 0 aliphatic carbocycles. The minimum Gasteiger partial charge on any atom is -0.390 e. The molecule has 0 spiro atoms. The van der Waals surface area contributed by atoms with E-state index in [9.17, 15) is 14.2 Å². The van der Waals surface area contributed by atoms with Crippen LogP contribution in [0, 0.1) is 0 Å². The summed E-state index contributed by atoms with van der Waals surface area (Å²) in [4.78, 5) is 23.6. The lowest BCUT2D eigenvalue weighted by atomic mass is 10.1. The molecule has 1 heterocycles. The standard InChI is InChI=1S/C17H25N2O6P/c1-12(16(20)24-17(21)15-8-5-9-19-15)25-26(22)23-11-14(18)10-13-6-3-2-4-7-13/h2-4,6-7,12,14-15,19,26H,5,8-11,18H2,1H3/t12?,14?,15-/m0/s1. The zero-order valence-corrected chi connectivity index (χ0v) is 15.7. The molecule has 0 radical (unpaired) electrons. The molecule has 144 valence electrons. The molecule has 26 heavy (non-hydrogen) atoms. The third-order valence-electron chi connectivity index (χ3n) is 3.91. The van der Waals surface area contributed by atoms with E-state index in [0.29, 0.717) is 19.4 Å². The predicted octanol–water partition coefficient (Wildman–Crippen LogP) is 1.19. The summed E-state index contributed by atoms with van der Waals surface area (Å²) in [6, 6.07) is 8.77. The quantitative estimate of drug-likeness (QED) is 0.370. The van der Waals surface area contributed by atoms with Crippen molar-refractivity contribution in [2.75, 3.05) is 13.2 Å². The number of hydrogen-bond donors (Lipinski definition) is 2. The number of nitrogens with two attached hydrogens (primary N) is 1. The summed E-state index contributed by atoms with van der Waals surface area (Å²) in [6.45, 7) is 2.09. The van der Waals surface area contributed by atoms with Crippen LogP contribution in [0.25, 0.3) is 0 Å². The number of esters is 2. The van der Waals surface area contributed by atoms with Crippen molar-refractivity contribution in [1.82, 2.24) is 5.32 Å². The van der Waals surface area contributed by atoms with Crippen molar-refractivity contribution < 1.29 is 27.9 Å². The van der Waals surface area contributed by atoms with Gasteiger partial charge >= 0.3 is 20.2 Å². The van der Waals surface area contributed by atoms with Crippen molar-refractivity contribution in [3.63, 3.8) is 0 Å². The third kappa shape index (κ3) is 6.97. The SMILES string of the molecule is CC(O[PH](=O)OCC(N)Cc1ccccc1)C(=O)OC(=O)[C@@H]1CCCN1. The molecule has 1 aromatic carbocycles. The summed E-state index contributed by atoms with van der Waals surface area (Å²) in [5.74, 6) is -1.53. The highest BCUT2D eigenvalue weighted by atomic mass is 31.1. The second-order valence-corrected chi connectivity index (χ2v) is 7.18. The molecule has 8 nitrogen and oxygen atoms in total. The topological polar surface area (TPSA) is 117 Å². The summed E-state index contributed by atoms with van der Waals surface area (Å²) in [5.41, 5.74) is 6.98.